The van der Waals surface area contributed by atoms with Crippen LogP contribution in [0.1, 0.15) is 58.3 Å². The Morgan fingerprint density at radius 1 is 0.650 bits per heavy atom. The lowest BCUT2D eigenvalue weighted by Gasteiger charge is -2.13. The number of hydrogen-bond acceptors (Lipinski definition) is 7. The van der Waals surface area contributed by atoms with Crippen molar-refractivity contribution in [2.75, 3.05) is 24.6 Å². The van der Waals surface area contributed by atoms with E-state index in [0.29, 0.717) is 30.9 Å². The van der Waals surface area contributed by atoms with E-state index in [2.05, 4.69) is 84.4 Å². The topological polar surface area (TPSA) is 136 Å². The van der Waals surface area contributed by atoms with Crippen molar-refractivity contribution < 1.29 is 29.7 Å². The van der Waals surface area contributed by atoms with Crippen molar-refractivity contribution in [3.05, 3.63) is 72.9 Å². The fourth-order valence-electron chi connectivity index (χ4n) is 2.89. The van der Waals surface area contributed by atoms with Gasteiger partial charge in [0.15, 0.2) is 12.2 Å². The van der Waals surface area contributed by atoms with Crippen LogP contribution in [0.4, 0.5) is 0 Å². The number of allylic oxidation sites excluding steroid dienone is 12. The van der Waals surface area contributed by atoms with Gasteiger partial charge in [0.1, 0.15) is 0 Å². The van der Waals surface area contributed by atoms with Crippen molar-refractivity contribution in [3.8, 4) is 0 Å². The molecule has 0 aromatic rings. The molecule has 0 saturated heterocycles. The molecule has 0 aliphatic carbocycles. The SMILES string of the molecule is CC/C=C\C/C=C\C/C=C\C/C=C\C/C=C\C/C=C\CCC(=O)NCCSSCCNC(=O)[C@H](O)[C@@H](O)C(=O)O. The van der Waals surface area contributed by atoms with Gasteiger partial charge in [0.05, 0.1) is 0 Å². The van der Waals surface area contributed by atoms with Crippen LogP contribution in [0.3, 0.4) is 0 Å². The fourth-order valence-corrected chi connectivity index (χ4v) is 4.70. The monoisotopic (exact) mass is 594 g/mol. The van der Waals surface area contributed by atoms with Crippen LogP contribution in [0.5, 0.6) is 0 Å². The molecule has 0 fully saturated rings. The number of aliphatic carboxylic acids is 1. The van der Waals surface area contributed by atoms with E-state index in [0.717, 1.165) is 38.5 Å². The highest BCUT2D eigenvalue weighted by Gasteiger charge is 2.29. The highest BCUT2D eigenvalue weighted by Crippen LogP contribution is 2.19. The summed E-state index contributed by atoms with van der Waals surface area (Å²) < 4.78 is 0. The molecule has 5 N–H and O–H groups in total. The van der Waals surface area contributed by atoms with E-state index in [1.54, 1.807) is 0 Å². The second kappa shape index (κ2) is 28.0. The second-order valence-corrected chi connectivity index (χ2v) is 11.2. The van der Waals surface area contributed by atoms with Gasteiger partial charge in [-0.1, -0.05) is 101 Å². The molecule has 0 unspecified atom stereocenters. The molecule has 0 rings (SSSR count). The number of carbonyl (C=O) groups is 3. The van der Waals surface area contributed by atoms with Crippen molar-refractivity contribution in [2.24, 2.45) is 0 Å². The molecule has 0 aliphatic rings. The van der Waals surface area contributed by atoms with Gasteiger partial charge in [-0.25, -0.2) is 4.79 Å². The molecule has 0 saturated carbocycles. The molecule has 0 radical (unpaired) electrons. The number of rotatable bonds is 24. The zero-order valence-corrected chi connectivity index (χ0v) is 25.1. The first-order valence-corrected chi connectivity index (χ1v) is 16.2. The maximum absolute atomic E-state index is 11.9. The number of aliphatic hydroxyl groups is 2. The minimum atomic E-state index is -2.15. The number of carboxylic acid groups (broad SMARTS) is 1. The minimum absolute atomic E-state index is 0.00312. The second-order valence-electron chi connectivity index (χ2n) is 8.47. The first-order chi connectivity index (χ1) is 19.4. The fraction of sp³-hybridized carbons (Fsp3) is 0.500. The Hall–Kier alpha value is -2.53. The molecular formula is C30H46N2O6S2. The summed E-state index contributed by atoms with van der Waals surface area (Å²) in [5, 5.41) is 32.3. The van der Waals surface area contributed by atoms with Gasteiger partial charge in [-0.2, -0.15) is 0 Å². The Kier molecular flexibility index (Phi) is 26.2. The lowest BCUT2D eigenvalue weighted by molar-refractivity contribution is -0.158. The number of carboxylic acids is 1. The van der Waals surface area contributed by atoms with Crippen LogP contribution in [-0.4, -0.2) is 69.9 Å². The van der Waals surface area contributed by atoms with E-state index in [1.165, 1.54) is 21.6 Å². The molecule has 0 aromatic heterocycles. The van der Waals surface area contributed by atoms with Crippen LogP contribution in [0, 0.1) is 0 Å². The van der Waals surface area contributed by atoms with Crippen molar-refractivity contribution in [2.45, 2.75) is 70.5 Å². The molecule has 0 aliphatic heterocycles. The van der Waals surface area contributed by atoms with E-state index in [-0.39, 0.29) is 12.5 Å². The number of carbonyl (C=O) groups excluding carboxylic acids is 2. The zero-order chi connectivity index (χ0) is 29.7. The molecule has 0 spiro atoms. The quantitative estimate of drug-likeness (QED) is 0.0606. The smallest absolute Gasteiger partial charge is 0.335 e. The van der Waals surface area contributed by atoms with Gasteiger partial charge in [0, 0.05) is 31.0 Å². The van der Waals surface area contributed by atoms with Crippen LogP contribution in [-0.2, 0) is 14.4 Å². The molecule has 0 aromatic carbocycles. The Balaban J connectivity index is 3.61. The molecule has 10 heteroatoms. The zero-order valence-electron chi connectivity index (χ0n) is 23.5. The Labute approximate surface area is 247 Å². The van der Waals surface area contributed by atoms with Gasteiger partial charge in [-0.05, 0) is 44.9 Å². The number of nitrogens with one attached hydrogen (secondary N) is 2. The maximum Gasteiger partial charge on any atom is 0.335 e. The largest absolute Gasteiger partial charge is 0.479 e. The first-order valence-electron chi connectivity index (χ1n) is 13.7. The third-order valence-corrected chi connectivity index (χ3v) is 7.44. The summed E-state index contributed by atoms with van der Waals surface area (Å²) in [6, 6.07) is 0. The van der Waals surface area contributed by atoms with E-state index in [4.69, 9.17) is 10.2 Å². The van der Waals surface area contributed by atoms with Gasteiger partial charge in [0.2, 0.25) is 5.91 Å². The van der Waals surface area contributed by atoms with Crippen LogP contribution in [0.2, 0.25) is 0 Å². The number of amides is 2. The number of aliphatic hydroxyl groups excluding tert-OH is 2. The van der Waals surface area contributed by atoms with Crippen LogP contribution < -0.4 is 10.6 Å². The molecule has 0 bridgehead atoms. The molecule has 8 nitrogen and oxygen atoms in total. The maximum atomic E-state index is 11.9. The van der Waals surface area contributed by atoms with Gasteiger partial charge < -0.3 is 26.0 Å². The van der Waals surface area contributed by atoms with Crippen molar-refractivity contribution in [1.82, 2.24) is 10.6 Å². The van der Waals surface area contributed by atoms with E-state index in [9.17, 15) is 19.5 Å². The lowest BCUT2D eigenvalue weighted by atomic mass is 10.2. The molecule has 40 heavy (non-hydrogen) atoms. The summed E-state index contributed by atoms with van der Waals surface area (Å²) in [6.45, 7) is 2.90. The third-order valence-electron chi connectivity index (χ3n) is 5.03. The molecule has 2 amide bonds. The van der Waals surface area contributed by atoms with Gasteiger partial charge in [0.25, 0.3) is 5.91 Å². The van der Waals surface area contributed by atoms with E-state index < -0.39 is 24.1 Å². The standard InChI is InChI=1S/C30H46N2O6S2/c1-2-3-4-5-6-7-8-9-10-11-12-13-14-15-16-17-18-19-20-21-26(33)31-22-24-39-40-25-23-32-29(36)27(34)28(35)30(37)38/h3-4,6-7,9-10,12-13,15-16,18-19,27-28,34-35H,2,5,8,11,14,17,20-25H2,1H3,(H,31,33)(H,32,36)(H,37,38)/b4-3-,7-6-,10-9-,13-12-,16-15-,19-18-/t27-,28-/m1/s1. The third kappa shape index (κ3) is 24.5. The normalized spacial score (nSPS) is 13.9. The van der Waals surface area contributed by atoms with E-state index >= 15 is 0 Å². The Morgan fingerprint density at radius 3 is 1.52 bits per heavy atom. The molecular weight excluding hydrogens is 548 g/mol. The average molecular weight is 595 g/mol. The molecule has 224 valence electrons. The molecule has 0 heterocycles. The van der Waals surface area contributed by atoms with Crippen LogP contribution in [0.25, 0.3) is 0 Å². The summed E-state index contributed by atoms with van der Waals surface area (Å²) in [6.07, 6.45) is 28.6. The predicted octanol–water partition coefficient (Wildman–Crippen LogP) is 4.88. The van der Waals surface area contributed by atoms with Crippen molar-refractivity contribution in [1.29, 1.82) is 0 Å². The summed E-state index contributed by atoms with van der Waals surface area (Å²) >= 11 is 0. The molecule has 2 atom stereocenters. The van der Waals surface area contributed by atoms with Crippen LogP contribution >= 0.6 is 21.6 Å². The Morgan fingerprint density at radius 2 is 1.07 bits per heavy atom. The highest BCUT2D eigenvalue weighted by molar-refractivity contribution is 8.76. The predicted molar refractivity (Wildman–Crippen MR) is 168 cm³/mol. The lowest BCUT2D eigenvalue weighted by Crippen LogP contribution is -2.46. The summed E-state index contributed by atoms with van der Waals surface area (Å²) in [5.74, 6) is -1.36. The van der Waals surface area contributed by atoms with Gasteiger partial charge in [-0.15, -0.1) is 0 Å². The van der Waals surface area contributed by atoms with Crippen LogP contribution in [0.15, 0.2) is 72.9 Å². The number of hydrogen-bond donors (Lipinski definition) is 5. The van der Waals surface area contributed by atoms with Crippen molar-refractivity contribution in [3.63, 3.8) is 0 Å². The summed E-state index contributed by atoms with van der Waals surface area (Å²) in [5.41, 5.74) is 0. The van der Waals surface area contributed by atoms with Gasteiger partial charge in [-0.3, -0.25) is 9.59 Å². The highest BCUT2D eigenvalue weighted by atomic mass is 33.1. The average Bonchev–Trinajstić information content (AvgIpc) is 2.94. The van der Waals surface area contributed by atoms with Crippen molar-refractivity contribution >= 4 is 39.4 Å². The summed E-state index contributed by atoms with van der Waals surface area (Å²) in [7, 11) is 3.01. The first kappa shape index (κ1) is 37.5. The minimum Gasteiger partial charge on any atom is -0.479 e. The van der Waals surface area contributed by atoms with Gasteiger partial charge >= 0.3 is 5.97 Å². The van der Waals surface area contributed by atoms with E-state index in [1.807, 2.05) is 6.08 Å². The summed E-state index contributed by atoms with van der Waals surface area (Å²) in [4.78, 5) is 33.9. The Bertz CT molecular complexity index is 868.